The lowest BCUT2D eigenvalue weighted by molar-refractivity contribution is -0.111. The molecular formula is C20H34N2O3Si. The van der Waals surface area contributed by atoms with E-state index in [-0.39, 0.29) is 10.8 Å². The van der Waals surface area contributed by atoms with Gasteiger partial charge in [0.05, 0.1) is 6.61 Å². The summed E-state index contributed by atoms with van der Waals surface area (Å²) in [6.07, 6.45) is 6.41. The number of nitrogens with zero attached hydrogens (tertiary/aromatic N) is 2. The van der Waals surface area contributed by atoms with Gasteiger partial charge in [0.1, 0.15) is 0 Å². The number of carbonyl (C=O) groups excluding carboxylic acids is 1. The SMILES string of the molecule is CC(=O)/C(=C\N(C)C)c1ccc(OCCCCC(C)(C)[Si](C)(C)O)nc1. The Morgan fingerprint density at radius 2 is 1.96 bits per heavy atom. The number of Topliss-reactive ketones (excluding diaryl/α,β-unsaturated/α-hetero) is 1. The predicted octanol–water partition coefficient (Wildman–Crippen LogP) is 4.10. The van der Waals surface area contributed by atoms with E-state index in [1.807, 2.05) is 38.2 Å². The van der Waals surface area contributed by atoms with Gasteiger partial charge in [-0.05, 0) is 50.4 Å². The number of hydrogen-bond donors (Lipinski definition) is 1. The molecule has 5 nitrogen and oxygen atoms in total. The monoisotopic (exact) mass is 378 g/mol. The second-order valence-electron chi connectivity index (χ2n) is 8.20. The van der Waals surface area contributed by atoms with Crippen LogP contribution in [0.1, 0.15) is 45.6 Å². The van der Waals surface area contributed by atoms with Gasteiger partial charge in [-0.25, -0.2) is 4.98 Å². The highest BCUT2D eigenvalue weighted by atomic mass is 28.4. The second kappa shape index (κ2) is 9.32. The molecule has 1 aromatic heterocycles. The van der Waals surface area contributed by atoms with E-state index in [0.29, 0.717) is 18.1 Å². The number of unbranched alkanes of at least 4 members (excludes halogenated alkanes) is 1. The molecule has 0 aliphatic carbocycles. The fraction of sp³-hybridized carbons (Fsp3) is 0.600. The first-order chi connectivity index (χ1) is 11.9. The number of pyridine rings is 1. The zero-order valence-corrected chi connectivity index (χ0v) is 18.3. The van der Waals surface area contributed by atoms with E-state index < -0.39 is 8.32 Å². The van der Waals surface area contributed by atoms with E-state index in [1.54, 1.807) is 25.4 Å². The molecular weight excluding hydrogens is 344 g/mol. The molecule has 0 aliphatic heterocycles. The summed E-state index contributed by atoms with van der Waals surface area (Å²) in [6, 6.07) is 3.66. The van der Waals surface area contributed by atoms with Crippen LogP contribution < -0.4 is 4.74 Å². The summed E-state index contributed by atoms with van der Waals surface area (Å²) < 4.78 is 5.71. The van der Waals surface area contributed by atoms with E-state index >= 15 is 0 Å². The lowest BCUT2D eigenvalue weighted by Gasteiger charge is -2.35. The van der Waals surface area contributed by atoms with Crippen LogP contribution in [0.5, 0.6) is 5.88 Å². The van der Waals surface area contributed by atoms with Crippen molar-refractivity contribution < 1.29 is 14.3 Å². The highest BCUT2D eigenvalue weighted by Crippen LogP contribution is 2.40. The normalized spacial score (nSPS) is 12.8. The van der Waals surface area contributed by atoms with Crippen molar-refractivity contribution in [3.63, 3.8) is 0 Å². The van der Waals surface area contributed by atoms with Crippen LogP contribution in [0.2, 0.25) is 18.1 Å². The minimum atomic E-state index is -2.14. The Morgan fingerprint density at radius 1 is 1.31 bits per heavy atom. The van der Waals surface area contributed by atoms with Gasteiger partial charge in [-0.15, -0.1) is 0 Å². The lowest BCUT2D eigenvalue weighted by atomic mass is 10.1. The number of ether oxygens (including phenoxy) is 1. The molecule has 0 fully saturated rings. The fourth-order valence-corrected chi connectivity index (χ4v) is 3.19. The minimum absolute atomic E-state index is 0.00661. The molecule has 0 spiro atoms. The van der Waals surface area contributed by atoms with Crippen LogP contribution in [0.3, 0.4) is 0 Å². The zero-order chi connectivity index (χ0) is 20.0. The van der Waals surface area contributed by atoms with Crippen molar-refractivity contribution in [1.82, 2.24) is 9.88 Å². The molecule has 1 aromatic rings. The van der Waals surface area contributed by atoms with E-state index in [9.17, 15) is 9.59 Å². The summed E-state index contributed by atoms with van der Waals surface area (Å²) in [5.41, 5.74) is 1.42. The van der Waals surface area contributed by atoms with Gasteiger partial charge in [0.15, 0.2) is 14.1 Å². The van der Waals surface area contributed by atoms with Gasteiger partial charge in [-0.3, -0.25) is 4.79 Å². The van der Waals surface area contributed by atoms with Crippen molar-refractivity contribution in [2.45, 2.75) is 58.2 Å². The van der Waals surface area contributed by atoms with Crippen molar-refractivity contribution in [2.24, 2.45) is 0 Å². The maximum atomic E-state index is 11.8. The average molecular weight is 379 g/mol. The first kappa shape index (κ1) is 22.4. The number of hydrogen-bond acceptors (Lipinski definition) is 5. The molecule has 0 aromatic carbocycles. The van der Waals surface area contributed by atoms with Crippen molar-refractivity contribution in [2.75, 3.05) is 20.7 Å². The molecule has 146 valence electrons. The highest BCUT2D eigenvalue weighted by Gasteiger charge is 2.37. The molecule has 26 heavy (non-hydrogen) atoms. The molecule has 0 amide bonds. The quantitative estimate of drug-likeness (QED) is 0.377. The van der Waals surface area contributed by atoms with E-state index in [0.717, 1.165) is 24.8 Å². The summed E-state index contributed by atoms with van der Waals surface area (Å²) in [5.74, 6) is 0.574. The second-order valence-corrected chi connectivity index (χ2v) is 12.7. The van der Waals surface area contributed by atoms with Crippen LogP contribution in [0.25, 0.3) is 5.57 Å². The Kier molecular flexibility index (Phi) is 8.03. The standard InChI is InChI=1S/C20H34N2O3Si/c1-16(23)18(15-22(4)5)17-10-11-19(21-14-17)25-13-9-8-12-20(2,3)26(6,7)24/h10-11,14-15,24H,8-9,12-13H2,1-7H3/b18-15+. The summed E-state index contributed by atoms with van der Waals surface area (Å²) >= 11 is 0. The molecule has 0 atom stereocenters. The van der Waals surface area contributed by atoms with Gasteiger partial charge < -0.3 is 14.4 Å². The molecule has 0 radical (unpaired) electrons. The van der Waals surface area contributed by atoms with E-state index in [1.165, 1.54) is 0 Å². The molecule has 6 heteroatoms. The number of aromatic nitrogens is 1. The lowest BCUT2D eigenvalue weighted by Crippen LogP contribution is -2.38. The predicted molar refractivity (Wildman–Crippen MR) is 110 cm³/mol. The molecule has 0 aliphatic rings. The molecule has 0 bridgehead atoms. The fourth-order valence-electron chi connectivity index (χ4n) is 2.40. The number of carbonyl (C=O) groups is 1. The van der Waals surface area contributed by atoms with E-state index in [2.05, 4.69) is 18.8 Å². The summed E-state index contributed by atoms with van der Waals surface area (Å²) in [5, 5.41) is 0.00869. The third-order valence-electron chi connectivity index (χ3n) is 4.92. The maximum absolute atomic E-state index is 11.8. The Bertz CT molecular complexity index is 617. The number of rotatable bonds is 10. The highest BCUT2D eigenvalue weighted by molar-refractivity contribution is 6.72. The summed E-state index contributed by atoms with van der Waals surface area (Å²) in [7, 11) is 1.63. The number of allylic oxidation sites excluding steroid dienone is 1. The van der Waals surface area contributed by atoms with Gasteiger partial charge in [0, 0.05) is 43.7 Å². The Balaban J connectivity index is 2.52. The van der Waals surface area contributed by atoms with Crippen LogP contribution in [0, 0.1) is 0 Å². The van der Waals surface area contributed by atoms with Gasteiger partial charge in [0.25, 0.3) is 0 Å². The maximum Gasteiger partial charge on any atom is 0.213 e. The van der Waals surface area contributed by atoms with Crippen LogP contribution in [0.4, 0.5) is 0 Å². The largest absolute Gasteiger partial charge is 0.478 e. The average Bonchev–Trinajstić information content (AvgIpc) is 2.51. The Hall–Kier alpha value is -1.66. The van der Waals surface area contributed by atoms with Gasteiger partial charge >= 0.3 is 0 Å². The van der Waals surface area contributed by atoms with Crippen molar-refractivity contribution in [1.29, 1.82) is 0 Å². The summed E-state index contributed by atoms with van der Waals surface area (Å²) in [4.78, 5) is 28.3. The van der Waals surface area contributed by atoms with Crippen LogP contribution >= 0.6 is 0 Å². The molecule has 0 saturated carbocycles. The number of ketones is 1. The van der Waals surface area contributed by atoms with Gasteiger partial charge in [-0.2, -0.15) is 0 Å². The molecule has 1 heterocycles. The Morgan fingerprint density at radius 3 is 2.42 bits per heavy atom. The molecule has 1 rings (SSSR count). The van der Waals surface area contributed by atoms with E-state index in [4.69, 9.17) is 4.74 Å². The summed E-state index contributed by atoms with van der Waals surface area (Å²) in [6.45, 7) is 10.4. The Labute approximate surface area is 159 Å². The molecule has 0 saturated heterocycles. The smallest absolute Gasteiger partial charge is 0.213 e. The molecule has 0 unspecified atom stereocenters. The molecule has 1 N–H and O–H groups in total. The zero-order valence-electron chi connectivity index (χ0n) is 17.3. The van der Waals surface area contributed by atoms with Gasteiger partial charge in [-0.1, -0.05) is 13.8 Å². The van der Waals surface area contributed by atoms with Crippen molar-refractivity contribution in [3.05, 3.63) is 30.1 Å². The van der Waals surface area contributed by atoms with Crippen LogP contribution in [0.15, 0.2) is 24.5 Å². The minimum Gasteiger partial charge on any atom is -0.478 e. The van der Waals surface area contributed by atoms with Crippen LogP contribution in [-0.4, -0.2) is 49.5 Å². The van der Waals surface area contributed by atoms with Crippen molar-refractivity contribution >= 4 is 19.7 Å². The van der Waals surface area contributed by atoms with Gasteiger partial charge in [0.2, 0.25) is 5.88 Å². The first-order valence-electron chi connectivity index (χ1n) is 9.15. The first-order valence-corrected chi connectivity index (χ1v) is 12.1. The van der Waals surface area contributed by atoms with Crippen LogP contribution in [-0.2, 0) is 4.79 Å². The third-order valence-corrected chi connectivity index (χ3v) is 8.48. The topological polar surface area (TPSA) is 62.7 Å². The third kappa shape index (κ3) is 6.92. The van der Waals surface area contributed by atoms with Crippen molar-refractivity contribution in [3.8, 4) is 5.88 Å².